The van der Waals surface area contributed by atoms with Crippen LogP contribution in [-0.4, -0.2) is 50.2 Å². The highest BCUT2D eigenvalue weighted by Gasteiger charge is 2.33. The molecule has 1 atom stereocenters. The molecule has 172 valence electrons. The van der Waals surface area contributed by atoms with Crippen LogP contribution in [0, 0.1) is 6.92 Å². The first-order valence-electron chi connectivity index (χ1n) is 11.3. The van der Waals surface area contributed by atoms with Crippen molar-refractivity contribution < 1.29 is 14.3 Å². The number of likely N-dealkylation sites (tertiary alicyclic amines) is 1. The summed E-state index contributed by atoms with van der Waals surface area (Å²) in [5.41, 5.74) is 3.51. The van der Waals surface area contributed by atoms with Crippen LogP contribution in [0.5, 0.6) is 11.5 Å². The maximum Gasteiger partial charge on any atom is 0.274 e. The lowest BCUT2D eigenvalue weighted by molar-refractivity contribution is 0.0732. The smallest absolute Gasteiger partial charge is 0.274 e. The number of fused-ring (bicyclic) bond motifs is 1. The molecule has 6 rings (SSSR count). The second kappa shape index (κ2) is 8.57. The highest BCUT2D eigenvalue weighted by molar-refractivity contribution is 7.15. The molecule has 1 saturated heterocycles. The Balaban J connectivity index is 1.26. The fourth-order valence-electron chi connectivity index (χ4n) is 4.69. The predicted octanol–water partition coefficient (Wildman–Crippen LogP) is 4.28. The van der Waals surface area contributed by atoms with E-state index in [0.29, 0.717) is 11.4 Å². The Hall–Kier alpha value is -3.72. The lowest BCUT2D eigenvalue weighted by Gasteiger charge is -2.25. The number of nitrogens with zero attached hydrogens (tertiary/aromatic N) is 5. The van der Waals surface area contributed by atoms with Crippen molar-refractivity contribution in [1.29, 1.82) is 0 Å². The lowest BCUT2D eigenvalue weighted by Crippen LogP contribution is -2.37. The third kappa shape index (κ3) is 3.81. The molecule has 1 fully saturated rings. The molecule has 8 nitrogen and oxygen atoms in total. The molecule has 0 saturated carbocycles. The predicted molar refractivity (Wildman–Crippen MR) is 128 cm³/mol. The molecule has 2 aromatic heterocycles. The van der Waals surface area contributed by atoms with E-state index in [1.807, 2.05) is 42.2 Å². The fourth-order valence-corrected chi connectivity index (χ4v) is 5.59. The number of carbonyl (C=O) groups is 1. The molecule has 0 radical (unpaired) electrons. The molecule has 2 aromatic carbocycles. The summed E-state index contributed by atoms with van der Waals surface area (Å²) in [6, 6.07) is 14.1. The van der Waals surface area contributed by atoms with Crippen LogP contribution in [-0.2, 0) is 6.42 Å². The van der Waals surface area contributed by atoms with Crippen molar-refractivity contribution >= 4 is 17.2 Å². The van der Waals surface area contributed by atoms with E-state index in [0.717, 1.165) is 58.3 Å². The largest absolute Gasteiger partial charge is 0.454 e. The second-order valence-corrected chi connectivity index (χ2v) is 9.67. The van der Waals surface area contributed by atoms with Gasteiger partial charge in [-0.05, 0) is 67.6 Å². The van der Waals surface area contributed by atoms with Gasteiger partial charge in [0.15, 0.2) is 11.5 Å². The van der Waals surface area contributed by atoms with E-state index in [1.165, 1.54) is 11.3 Å². The molecule has 0 bridgehead atoms. The summed E-state index contributed by atoms with van der Waals surface area (Å²) in [5.74, 6) is 1.42. The van der Waals surface area contributed by atoms with E-state index < -0.39 is 0 Å². The van der Waals surface area contributed by atoms with Gasteiger partial charge < -0.3 is 14.4 Å². The van der Waals surface area contributed by atoms with Crippen LogP contribution in [0.15, 0.2) is 54.9 Å². The van der Waals surface area contributed by atoms with Crippen LogP contribution in [0.1, 0.15) is 33.9 Å². The number of aryl methyl sites for hydroxylation is 1. The zero-order valence-electron chi connectivity index (χ0n) is 18.7. The second-order valence-electron chi connectivity index (χ2n) is 8.47. The van der Waals surface area contributed by atoms with E-state index in [9.17, 15) is 4.79 Å². The third-order valence-electron chi connectivity index (χ3n) is 6.24. The van der Waals surface area contributed by atoms with Crippen LogP contribution in [0.25, 0.3) is 16.1 Å². The quantitative estimate of drug-likeness (QED) is 0.430. The normalized spacial score (nSPS) is 16.9. The molecule has 2 aliphatic rings. The summed E-state index contributed by atoms with van der Waals surface area (Å²) in [5, 5.41) is 9.31. The van der Waals surface area contributed by atoms with Gasteiger partial charge in [0.1, 0.15) is 5.69 Å². The van der Waals surface area contributed by atoms with Gasteiger partial charge in [0, 0.05) is 12.6 Å². The number of hydrogen-bond donors (Lipinski definition) is 0. The Bertz CT molecular complexity index is 1350. The van der Waals surface area contributed by atoms with Gasteiger partial charge in [0.2, 0.25) is 6.79 Å². The Morgan fingerprint density at radius 1 is 1.12 bits per heavy atom. The van der Waals surface area contributed by atoms with Crippen LogP contribution >= 0.6 is 11.3 Å². The molecule has 1 amide bonds. The van der Waals surface area contributed by atoms with E-state index in [2.05, 4.69) is 27.3 Å². The molecule has 2 aliphatic heterocycles. The summed E-state index contributed by atoms with van der Waals surface area (Å²) in [6.45, 7) is 2.90. The van der Waals surface area contributed by atoms with Gasteiger partial charge in [-0.25, -0.2) is 4.98 Å². The average Bonchev–Trinajstić information content (AvgIpc) is 3.65. The standard InChI is InChI=1S/C25H23N5O3S/c1-16-28-23(24(34-16)18-7-8-21-22(14-18)33-15-32-21)25(31)29-11-3-6-19(29)12-17-4-2-5-20(13-17)30-26-9-10-27-30/h2,4-5,7-10,13-14,19H,3,6,11-12,15H2,1H3/t19-/m0/s1. The van der Waals surface area contributed by atoms with Gasteiger partial charge in [0.05, 0.1) is 28.0 Å². The van der Waals surface area contributed by atoms with Crippen molar-refractivity contribution in [2.75, 3.05) is 13.3 Å². The Kier molecular flexibility index (Phi) is 5.26. The van der Waals surface area contributed by atoms with E-state index in [4.69, 9.17) is 9.47 Å². The number of thiazole rings is 1. The SMILES string of the molecule is Cc1nc(C(=O)N2CCC[C@H]2Cc2cccc(-n3nccn3)c2)c(-c2ccc3c(c2)OCO3)s1. The van der Waals surface area contributed by atoms with Crippen molar-refractivity contribution in [2.24, 2.45) is 0 Å². The zero-order valence-corrected chi connectivity index (χ0v) is 19.5. The Labute approximate surface area is 200 Å². The number of ether oxygens (including phenoxy) is 2. The minimum Gasteiger partial charge on any atom is -0.454 e. The number of rotatable bonds is 5. The average molecular weight is 474 g/mol. The van der Waals surface area contributed by atoms with Crippen molar-refractivity contribution in [1.82, 2.24) is 24.9 Å². The van der Waals surface area contributed by atoms with Gasteiger partial charge in [0.25, 0.3) is 5.91 Å². The van der Waals surface area contributed by atoms with Crippen molar-refractivity contribution in [2.45, 2.75) is 32.2 Å². The van der Waals surface area contributed by atoms with Gasteiger partial charge in [-0.15, -0.1) is 11.3 Å². The number of hydrogen-bond acceptors (Lipinski definition) is 7. The first-order chi connectivity index (χ1) is 16.7. The van der Waals surface area contributed by atoms with Crippen molar-refractivity contribution in [3.05, 3.63) is 71.1 Å². The topological polar surface area (TPSA) is 82.4 Å². The molecular formula is C25H23N5O3S. The maximum absolute atomic E-state index is 13.7. The number of aromatic nitrogens is 4. The molecule has 0 N–H and O–H groups in total. The monoisotopic (exact) mass is 473 g/mol. The molecule has 0 spiro atoms. The first-order valence-corrected chi connectivity index (χ1v) is 12.1. The molecular weight excluding hydrogens is 450 g/mol. The van der Waals surface area contributed by atoms with Gasteiger partial charge in [-0.3, -0.25) is 4.79 Å². The highest BCUT2D eigenvalue weighted by Crippen LogP contribution is 2.39. The fraction of sp³-hybridized carbons (Fsp3) is 0.280. The highest BCUT2D eigenvalue weighted by atomic mass is 32.1. The van der Waals surface area contributed by atoms with Crippen molar-refractivity contribution in [3.63, 3.8) is 0 Å². The third-order valence-corrected chi connectivity index (χ3v) is 7.26. The van der Waals surface area contributed by atoms with E-state index >= 15 is 0 Å². The van der Waals surface area contributed by atoms with Gasteiger partial charge in [-0.2, -0.15) is 15.0 Å². The summed E-state index contributed by atoms with van der Waals surface area (Å²) in [7, 11) is 0. The minimum absolute atomic E-state index is 0.00980. The number of carbonyl (C=O) groups excluding carboxylic acids is 1. The molecule has 0 unspecified atom stereocenters. The number of amides is 1. The molecule has 34 heavy (non-hydrogen) atoms. The molecule has 0 aliphatic carbocycles. The Morgan fingerprint density at radius 2 is 1.97 bits per heavy atom. The van der Waals surface area contributed by atoms with Crippen LogP contribution < -0.4 is 9.47 Å². The van der Waals surface area contributed by atoms with Crippen LogP contribution in [0.2, 0.25) is 0 Å². The molecule has 4 aromatic rings. The van der Waals surface area contributed by atoms with Crippen LogP contribution in [0.4, 0.5) is 0 Å². The summed E-state index contributed by atoms with van der Waals surface area (Å²) in [6.07, 6.45) is 6.07. The van der Waals surface area contributed by atoms with Gasteiger partial charge >= 0.3 is 0 Å². The minimum atomic E-state index is -0.00980. The first kappa shape index (κ1) is 20.9. The molecule has 4 heterocycles. The Morgan fingerprint density at radius 3 is 2.85 bits per heavy atom. The lowest BCUT2D eigenvalue weighted by atomic mass is 10.0. The summed E-state index contributed by atoms with van der Waals surface area (Å²) >= 11 is 1.53. The van der Waals surface area contributed by atoms with E-state index in [1.54, 1.807) is 17.2 Å². The van der Waals surface area contributed by atoms with Crippen molar-refractivity contribution in [3.8, 4) is 27.6 Å². The number of benzene rings is 2. The van der Waals surface area contributed by atoms with E-state index in [-0.39, 0.29) is 18.7 Å². The maximum atomic E-state index is 13.7. The molecule has 9 heteroatoms. The zero-order chi connectivity index (χ0) is 23.1. The summed E-state index contributed by atoms with van der Waals surface area (Å²) < 4.78 is 11.0. The van der Waals surface area contributed by atoms with Crippen LogP contribution in [0.3, 0.4) is 0 Å². The summed E-state index contributed by atoms with van der Waals surface area (Å²) in [4.78, 5) is 22.9. The van der Waals surface area contributed by atoms with Gasteiger partial charge in [-0.1, -0.05) is 12.1 Å².